The summed E-state index contributed by atoms with van der Waals surface area (Å²) in [5, 5.41) is 0. The number of Topliss-reactive ketones (excluding diaryl/α,β-unsaturated/α-hetero) is 1. The first-order valence-corrected chi connectivity index (χ1v) is 14.4. The van der Waals surface area contributed by atoms with E-state index in [1.807, 2.05) is 48.5 Å². The van der Waals surface area contributed by atoms with Crippen molar-refractivity contribution in [2.75, 3.05) is 18.6 Å². The van der Waals surface area contributed by atoms with E-state index in [1.165, 1.54) is 31.4 Å². The molecule has 4 aromatic rings. The number of ether oxygens (including phenoxy) is 2. The van der Waals surface area contributed by atoms with E-state index in [0.29, 0.717) is 11.3 Å². The number of carbonyl (C=O) groups excluding carboxylic acids is 4. The molecule has 214 valence electrons. The second-order valence-corrected chi connectivity index (χ2v) is 11.9. The fourth-order valence-electron chi connectivity index (χ4n) is 6.74. The third kappa shape index (κ3) is 3.74. The van der Waals surface area contributed by atoms with E-state index in [9.17, 15) is 19.2 Å². The van der Waals surface area contributed by atoms with Gasteiger partial charge in [-0.25, -0.2) is 9.69 Å². The molecule has 4 aromatic carbocycles. The van der Waals surface area contributed by atoms with Crippen molar-refractivity contribution in [3.05, 3.63) is 130 Å². The van der Waals surface area contributed by atoms with Crippen molar-refractivity contribution in [3.63, 3.8) is 0 Å². The number of alkyl halides is 2. The average molecular weight is 612 g/mol. The summed E-state index contributed by atoms with van der Waals surface area (Å²) in [6, 6.07) is 27.2. The van der Waals surface area contributed by atoms with Gasteiger partial charge in [0, 0.05) is 5.56 Å². The monoisotopic (exact) mass is 611 g/mol. The predicted octanol–water partition coefficient (Wildman–Crippen LogP) is 5.83. The van der Waals surface area contributed by atoms with E-state index >= 15 is 0 Å². The van der Waals surface area contributed by atoms with E-state index in [4.69, 9.17) is 32.7 Å². The number of carbonyl (C=O) groups is 4. The van der Waals surface area contributed by atoms with Crippen LogP contribution in [0.5, 0.6) is 5.75 Å². The molecule has 4 aliphatic rings. The first-order chi connectivity index (χ1) is 20.7. The molecule has 1 heterocycles. The zero-order chi connectivity index (χ0) is 30.1. The fourth-order valence-corrected chi connectivity index (χ4v) is 7.84. The highest BCUT2D eigenvalue weighted by Gasteiger charge is 2.73. The van der Waals surface area contributed by atoms with Crippen LogP contribution in [0.3, 0.4) is 0 Å². The molecule has 0 spiro atoms. The standard InChI is InChI=1S/C34H23Cl2NO6/c1-42-22-16-12-19(13-17-22)27(38)18-43-32(41)20-10-14-21(15-11-20)37-30(39)28-29(31(37)40)34(36)24-7-3-2-6-23(24)33(28,35)25-8-4-5-9-26(25)34/h2-17,28-29H,18H2,1H3/t28-,29+,33?,34?. The van der Waals surface area contributed by atoms with E-state index in [2.05, 4.69) is 0 Å². The number of nitrogens with zero attached hydrogens (tertiary/aromatic N) is 1. The number of benzene rings is 4. The molecule has 2 bridgehead atoms. The van der Waals surface area contributed by atoms with E-state index < -0.39 is 46.0 Å². The number of ketones is 1. The largest absolute Gasteiger partial charge is 0.497 e. The van der Waals surface area contributed by atoms with Crippen LogP contribution in [0.25, 0.3) is 0 Å². The van der Waals surface area contributed by atoms with Crippen LogP contribution in [-0.4, -0.2) is 37.3 Å². The quantitative estimate of drug-likeness (QED) is 0.118. The molecule has 1 fully saturated rings. The Kier molecular flexibility index (Phi) is 6.24. The van der Waals surface area contributed by atoms with Crippen molar-refractivity contribution < 1.29 is 28.7 Å². The van der Waals surface area contributed by atoms with Gasteiger partial charge >= 0.3 is 5.97 Å². The second kappa shape index (κ2) is 9.79. The Morgan fingerprint density at radius 2 is 1.14 bits per heavy atom. The third-order valence-corrected chi connectivity index (χ3v) is 9.98. The van der Waals surface area contributed by atoms with Crippen LogP contribution in [0.4, 0.5) is 5.69 Å². The summed E-state index contributed by atoms with van der Waals surface area (Å²) in [7, 11) is 1.52. The predicted molar refractivity (Wildman–Crippen MR) is 160 cm³/mol. The van der Waals surface area contributed by atoms with Crippen molar-refractivity contribution in [2.45, 2.75) is 9.75 Å². The molecular weight excluding hydrogens is 589 g/mol. The molecule has 9 heteroatoms. The number of imide groups is 1. The lowest BCUT2D eigenvalue weighted by Crippen LogP contribution is -2.57. The van der Waals surface area contributed by atoms with Crippen molar-refractivity contribution in [1.82, 2.24) is 0 Å². The van der Waals surface area contributed by atoms with E-state index in [0.717, 1.165) is 27.2 Å². The number of methoxy groups -OCH3 is 1. The van der Waals surface area contributed by atoms with Crippen molar-refractivity contribution in [2.24, 2.45) is 11.8 Å². The molecular formula is C34H23Cl2NO6. The molecule has 3 aliphatic carbocycles. The van der Waals surface area contributed by atoms with Gasteiger partial charge in [-0.05, 0) is 70.8 Å². The third-order valence-electron chi connectivity index (χ3n) is 8.69. The Morgan fingerprint density at radius 1 is 0.698 bits per heavy atom. The molecule has 0 N–H and O–H groups in total. The lowest BCUT2D eigenvalue weighted by molar-refractivity contribution is -0.122. The molecule has 0 unspecified atom stereocenters. The Balaban J connectivity index is 1.16. The zero-order valence-electron chi connectivity index (χ0n) is 22.8. The van der Waals surface area contributed by atoms with Gasteiger partial charge in [0.2, 0.25) is 11.8 Å². The summed E-state index contributed by atoms with van der Waals surface area (Å²) >= 11 is 14.9. The minimum atomic E-state index is -1.28. The molecule has 1 aliphatic heterocycles. The van der Waals surface area contributed by atoms with Crippen LogP contribution in [0, 0.1) is 11.8 Å². The summed E-state index contributed by atoms with van der Waals surface area (Å²) < 4.78 is 10.3. The smallest absolute Gasteiger partial charge is 0.338 e. The van der Waals surface area contributed by atoms with Gasteiger partial charge in [0.05, 0.1) is 30.2 Å². The SMILES string of the molecule is COc1ccc(C(=O)COC(=O)c2ccc(N3C(=O)[C@@H]4[C@H](C3=O)C3(Cl)c5ccccc5C4(Cl)c4ccccc43)cc2)cc1. The molecule has 0 radical (unpaired) electrons. The van der Waals surface area contributed by atoms with Gasteiger partial charge in [0.25, 0.3) is 0 Å². The van der Waals surface area contributed by atoms with Gasteiger partial charge in [0.15, 0.2) is 12.4 Å². The highest BCUT2D eigenvalue weighted by molar-refractivity contribution is 6.38. The summed E-state index contributed by atoms with van der Waals surface area (Å²) in [4.78, 5) is 51.9. The summed E-state index contributed by atoms with van der Waals surface area (Å²) in [5.41, 5.74) is 3.69. The Labute approximate surface area is 256 Å². The summed E-state index contributed by atoms with van der Waals surface area (Å²) in [6.45, 7) is -0.448. The summed E-state index contributed by atoms with van der Waals surface area (Å²) in [5.74, 6) is -3.27. The Bertz CT molecular complexity index is 1710. The number of amides is 2. The zero-order valence-corrected chi connectivity index (χ0v) is 24.3. The Morgan fingerprint density at radius 3 is 1.58 bits per heavy atom. The molecule has 8 rings (SSSR count). The van der Waals surface area contributed by atoms with Crippen molar-refractivity contribution in [3.8, 4) is 5.75 Å². The highest BCUT2D eigenvalue weighted by Crippen LogP contribution is 2.69. The number of esters is 1. The average Bonchev–Trinajstić information content (AvgIpc) is 3.33. The number of rotatable bonds is 6. The van der Waals surface area contributed by atoms with Gasteiger partial charge in [-0.15, -0.1) is 23.2 Å². The van der Waals surface area contributed by atoms with Crippen LogP contribution in [0.15, 0.2) is 97.1 Å². The minimum absolute atomic E-state index is 0.158. The highest BCUT2D eigenvalue weighted by atomic mass is 35.5. The van der Waals surface area contributed by atoms with Gasteiger partial charge in [-0.3, -0.25) is 14.4 Å². The maximum atomic E-state index is 14.1. The molecule has 7 nitrogen and oxygen atoms in total. The topological polar surface area (TPSA) is 90.0 Å². The maximum absolute atomic E-state index is 14.1. The maximum Gasteiger partial charge on any atom is 0.338 e. The van der Waals surface area contributed by atoms with Gasteiger partial charge < -0.3 is 9.47 Å². The van der Waals surface area contributed by atoms with Crippen molar-refractivity contribution >= 4 is 52.5 Å². The van der Waals surface area contributed by atoms with Crippen LogP contribution in [-0.2, 0) is 24.1 Å². The van der Waals surface area contributed by atoms with Crippen LogP contribution < -0.4 is 9.64 Å². The van der Waals surface area contributed by atoms with Gasteiger partial charge in [-0.2, -0.15) is 0 Å². The van der Waals surface area contributed by atoms with Crippen LogP contribution >= 0.6 is 23.2 Å². The van der Waals surface area contributed by atoms with Crippen LogP contribution in [0.1, 0.15) is 43.0 Å². The van der Waals surface area contributed by atoms with Crippen LogP contribution in [0.2, 0.25) is 0 Å². The normalized spacial score (nSPS) is 24.7. The summed E-state index contributed by atoms with van der Waals surface area (Å²) in [6.07, 6.45) is 0. The second-order valence-electron chi connectivity index (χ2n) is 10.8. The number of halogens is 2. The molecule has 0 aromatic heterocycles. The molecule has 2 atom stereocenters. The van der Waals surface area contributed by atoms with E-state index in [-0.39, 0.29) is 17.0 Å². The van der Waals surface area contributed by atoms with Crippen molar-refractivity contribution in [1.29, 1.82) is 0 Å². The Hall–Kier alpha value is -4.46. The number of anilines is 1. The van der Waals surface area contributed by atoms with E-state index in [1.54, 1.807) is 24.3 Å². The lowest BCUT2D eigenvalue weighted by Gasteiger charge is -2.54. The first-order valence-electron chi connectivity index (χ1n) is 13.6. The van der Waals surface area contributed by atoms with Gasteiger partial charge in [0.1, 0.15) is 15.5 Å². The number of hydrogen-bond donors (Lipinski definition) is 0. The minimum Gasteiger partial charge on any atom is -0.497 e. The first kappa shape index (κ1) is 27.4. The number of hydrogen-bond acceptors (Lipinski definition) is 6. The molecule has 43 heavy (non-hydrogen) atoms. The lowest BCUT2D eigenvalue weighted by atomic mass is 9.54. The van der Waals surface area contributed by atoms with Gasteiger partial charge in [-0.1, -0.05) is 48.5 Å². The fraction of sp³-hybridized carbons (Fsp3) is 0.176. The molecule has 2 amide bonds. The molecule has 0 saturated carbocycles. The molecule has 1 saturated heterocycles.